The van der Waals surface area contributed by atoms with Crippen molar-refractivity contribution in [3.8, 4) is 0 Å². The van der Waals surface area contributed by atoms with Gasteiger partial charge in [0.05, 0.1) is 11.9 Å². The lowest BCUT2D eigenvalue weighted by atomic mass is 10.0. The monoisotopic (exact) mass is 613 g/mol. The zero-order valence-corrected chi connectivity index (χ0v) is 25.4. The summed E-state index contributed by atoms with van der Waals surface area (Å²) in [6.07, 6.45) is 1.35. The molecule has 0 fully saturated rings. The Kier molecular flexibility index (Phi) is 9.96. The molecular weight excluding hydrogens is 578 g/mol. The van der Waals surface area contributed by atoms with Crippen LogP contribution in [0.3, 0.4) is 0 Å². The third-order valence-electron chi connectivity index (χ3n) is 6.00. The van der Waals surface area contributed by atoms with E-state index < -0.39 is 34.1 Å². The molecule has 0 aliphatic heterocycles. The van der Waals surface area contributed by atoms with Crippen LogP contribution in [0.25, 0.3) is 0 Å². The number of hydrogen-bond acceptors (Lipinski definition) is 4. The fraction of sp³-hybridized carbons (Fsp3) is 0.333. The third-order valence-corrected chi connectivity index (χ3v) is 7.67. The minimum atomic E-state index is -3.80. The molecule has 1 atom stereocenters. The molecule has 0 aromatic heterocycles. The first-order chi connectivity index (χ1) is 18.2. The number of anilines is 1. The van der Waals surface area contributed by atoms with Gasteiger partial charge in [-0.1, -0.05) is 70.5 Å². The largest absolute Gasteiger partial charge is 0.350 e. The minimum absolute atomic E-state index is 0.132. The lowest BCUT2D eigenvalue weighted by molar-refractivity contribution is -0.140. The number of rotatable bonds is 10. The number of carbonyl (C=O) groups excluding carboxylic acids is 2. The van der Waals surface area contributed by atoms with Crippen LogP contribution in [0.5, 0.6) is 0 Å². The highest BCUT2D eigenvalue weighted by molar-refractivity contribution is 9.10. The summed E-state index contributed by atoms with van der Waals surface area (Å²) in [5.41, 5.74) is 2.44. The maximum atomic E-state index is 14.1. The highest BCUT2D eigenvalue weighted by atomic mass is 79.9. The maximum absolute atomic E-state index is 14.1. The molecule has 0 spiro atoms. The second-order valence-corrected chi connectivity index (χ2v) is 13.5. The first kappa shape index (κ1) is 30.4. The van der Waals surface area contributed by atoms with E-state index in [1.807, 2.05) is 88.4 Å². The third kappa shape index (κ3) is 9.21. The Hall–Kier alpha value is -3.17. The topological polar surface area (TPSA) is 86.8 Å². The molecule has 39 heavy (non-hydrogen) atoms. The van der Waals surface area contributed by atoms with Crippen molar-refractivity contribution in [2.24, 2.45) is 0 Å². The van der Waals surface area contributed by atoms with E-state index in [1.54, 1.807) is 18.2 Å². The molecule has 208 valence electrons. The Morgan fingerprint density at radius 2 is 1.56 bits per heavy atom. The van der Waals surface area contributed by atoms with Crippen LogP contribution < -0.4 is 9.62 Å². The smallest absolute Gasteiger partial charge is 0.244 e. The van der Waals surface area contributed by atoms with Crippen molar-refractivity contribution in [2.45, 2.75) is 52.2 Å². The fourth-order valence-electron chi connectivity index (χ4n) is 4.19. The first-order valence-corrected chi connectivity index (χ1v) is 15.3. The Morgan fingerprint density at radius 3 is 2.13 bits per heavy atom. The highest BCUT2D eigenvalue weighted by Gasteiger charge is 2.34. The fourth-order valence-corrected chi connectivity index (χ4v) is 5.30. The summed E-state index contributed by atoms with van der Waals surface area (Å²) in [5.74, 6) is -0.784. The molecule has 0 radical (unpaired) electrons. The van der Waals surface area contributed by atoms with Gasteiger partial charge < -0.3 is 10.2 Å². The lowest BCUT2D eigenvalue weighted by Gasteiger charge is -2.35. The van der Waals surface area contributed by atoms with Crippen LogP contribution in [0.15, 0.2) is 83.3 Å². The molecule has 7 nitrogen and oxygen atoms in total. The van der Waals surface area contributed by atoms with E-state index in [0.29, 0.717) is 5.69 Å². The number of nitrogens with zero attached hydrogens (tertiary/aromatic N) is 2. The molecule has 1 N–H and O–H groups in total. The molecular formula is C30H36BrN3O4S. The maximum Gasteiger partial charge on any atom is 0.244 e. The van der Waals surface area contributed by atoms with Gasteiger partial charge >= 0.3 is 0 Å². The van der Waals surface area contributed by atoms with E-state index in [-0.39, 0.29) is 18.9 Å². The standard InChI is InChI=1S/C30H36BrN3O4S/c1-22-10-9-13-26(18-22)34(39(5,37)38)21-28(35)33(20-24-14-16-25(31)17-15-24)27(29(36)32-30(2,3)4)19-23-11-7-6-8-12-23/h6-18,27H,19-21H2,1-5H3,(H,32,36). The Morgan fingerprint density at radius 1 is 0.923 bits per heavy atom. The van der Waals surface area contributed by atoms with Gasteiger partial charge in [0.25, 0.3) is 0 Å². The highest BCUT2D eigenvalue weighted by Crippen LogP contribution is 2.22. The molecule has 0 heterocycles. The van der Waals surface area contributed by atoms with Gasteiger partial charge in [0.2, 0.25) is 21.8 Å². The number of hydrogen-bond donors (Lipinski definition) is 1. The summed E-state index contributed by atoms with van der Waals surface area (Å²) in [6, 6.07) is 23.1. The van der Waals surface area contributed by atoms with Gasteiger partial charge in [0.1, 0.15) is 12.6 Å². The van der Waals surface area contributed by atoms with Crippen LogP contribution in [0, 0.1) is 6.92 Å². The predicted octanol–water partition coefficient (Wildman–Crippen LogP) is 5.08. The summed E-state index contributed by atoms with van der Waals surface area (Å²) in [7, 11) is -3.80. The Labute approximate surface area is 240 Å². The van der Waals surface area contributed by atoms with Gasteiger partial charge in [0, 0.05) is 23.0 Å². The molecule has 1 unspecified atom stereocenters. The Balaban J connectivity index is 2.07. The van der Waals surface area contributed by atoms with E-state index in [9.17, 15) is 18.0 Å². The van der Waals surface area contributed by atoms with Gasteiger partial charge in [0.15, 0.2) is 0 Å². The van der Waals surface area contributed by atoms with Crippen LogP contribution in [-0.4, -0.2) is 49.5 Å². The van der Waals surface area contributed by atoms with Gasteiger partial charge in [-0.25, -0.2) is 8.42 Å². The number of benzene rings is 3. The van der Waals surface area contributed by atoms with Crippen LogP contribution in [0.2, 0.25) is 0 Å². The zero-order valence-electron chi connectivity index (χ0n) is 23.0. The van der Waals surface area contributed by atoms with E-state index in [1.165, 1.54) is 4.90 Å². The van der Waals surface area contributed by atoms with Gasteiger partial charge in [-0.05, 0) is 68.7 Å². The number of nitrogens with one attached hydrogen (secondary N) is 1. The van der Waals surface area contributed by atoms with Crippen molar-refractivity contribution in [3.63, 3.8) is 0 Å². The zero-order chi connectivity index (χ0) is 28.8. The van der Waals surface area contributed by atoms with E-state index in [2.05, 4.69) is 21.2 Å². The average molecular weight is 615 g/mol. The van der Waals surface area contributed by atoms with Gasteiger partial charge in [-0.3, -0.25) is 13.9 Å². The predicted molar refractivity (Wildman–Crippen MR) is 160 cm³/mol. The number of aryl methyl sites for hydroxylation is 1. The summed E-state index contributed by atoms with van der Waals surface area (Å²) < 4.78 is 27.7. The molecule has 3 rings (SSSR count). The quantitative estimate of drug-likeness (QED) is 0.345. The second-order valence-electron chi connectivity index (χ2n) is 10.7. The number of sulfonamides is 1. The lowest BCUT2D eigenvalue weighted by Crippen LogP contribution is -2.56. The number of halogens is 1. The second kappa shape index (κ2) is 12.8. The van der Waals surface area contributed by atoms with Crippen molar-refractivity contribution < 1.29 is 18.0 Å². The molecule has 3 aromatic rings. The molecule has 0 saturated heterocycles. The summed E-state index contributed by atoms with van der Waals surface area (Å²) in [4.78, 5) is 29.3. The van der Waals surface area contributed by atoms with Crippen molar-refractivity contribution >= 4 is 43.5 Å². The first-order valence-electron chi connectivity index (χ1n) is 12.7. The summed E-state index contributed by atoms with van der Waals surface area (Å²) >= 11 is 3.44. The molecule has 0 aliphatic rings. The summed E-state index contributed by atoms with van der Waals surface area (Å²) in [6.45, 7) is 7.20. The molecule has 0 bridgehead atoms. The molecule has 9 heteroatoms. The van der Waals surface area contributed by atoms with Crippen LogP contribution in [0.1, 0.15) is 37.5 Å². The van der Waals surface area contributed by atoms with Crippen molar-refractivity contribution in [2.75, 3.05) is 17.1 Å². The number of carbonyl (C=O) groups is 2. The van der Waals surface area contributed by atoms with Crippen molar-refractivity contribution in [1.82, 2.24) is 10.2 Å². The van der Waals surface area contributed by atoms with Crippen LogP contribution in [0.4, 0.5) is 5.69 Å². The minimum Gasteiger partial charge on any atom is -0.350 e. The van der Waals surface area contributed by atoms with Crippen LogP contribution >= 0.6 is 15.9 Å². The van der Waals surface area contributed by atoms with Gasteiger partial charge in [-0.15, -0.1) is 0 Å². The van der Waals surface area contributed by atoms with E-state index in [0.717, 1.165) is 31.7 Å². The van der Waals surface area contributed by atoms with Gasteiger partial charge in [-0.2, -0.15) is 0 Å². The van der Waals surface area contributed by atoms with E-state index >= 15 is 0 Å². The molecule has 0 saturated carbocycles. The van der Waals surface area contributed by atoms with Crippen molar-refractivity contribution in [1.29, 1.82) is 0 Å². The normalized spacial score (nSPS) is 12.5. The Bertz CT molecular complexity index is 1390. The van der Waals surface area contributed by atoms with E-state index in [4.69, 9.17) is 0 Å². The molecule has 3 aromatic carbocycles. The summed E-state index contributed by atoms with van der Waals surface area (Å²) in [5, 5.41) is 3.02. The number of amides is 2. The SMILES string of the molecule is Cc1cccc(N(CC(=O)N(Cc2ccc(Br)cc2)C(Cc2ccccc2)C(=O)NC(C)(C)C)S(C)(=O)=O)c1. The molecule has 0 aliphatic carbocycles. The average Bonchev–Trinajstić information content (AvgIpc) is 2.84. The van der Waals surface area contributed by atoms with Crippen LogP contribution in [-0.2, 0) is 32.6 Å². The van der Waals surface area contributed by atoms with Crippen molar-refractivity contribution in [3.05, 3.63) is 100 Å². The molecule has 2 amide bonds.